The van der Waals surface area contributed by atoms with Gasteiger partial charge < -0.3 is 20.3 Å². The summed E-state index contributed by atoms with van der Waals surface area (Å²) >= 11 is 0. The SMILES string of the molecule is CCCCCC/C=C\CCCCCCCC(=O)OCCCCCCCCCCCCC/C=C\CCCCCCCCCC(=O)NC(CO)C(O)/C=C/CCCCCCCCCCC. The number of nitrogens with one attached hydrogen (secondary N) is 1. The third kappa shape index (κ3) is 49.4. The van der Waals surface area contributed by atoms with Crippen molar-refractivity contribution in [1.29, 1.82) is 0 Å². The standard InChI is InChI=1S/C57H107NO5/c1-3-5-7-9-11-13-15-26-31-35-39-43-47-51-57(62)63-52-48-44-40-36-32-28-25-23-21-19-17-16-18-20-22-24-27-30-34-38-42-46-50-56(61)58-54(53-59)55(60)49-45-41-37-33-29-14-12-10-8-6-4-2/h13,15,18,20,45,49,54-55,59-60H,3-12,14,16-17,19,21-44,46-48,50-53H2,1-2H3,(H,58,61)/b15-13-,20-18-,49-45+. The van der Waals surface area contributed by atoms with E-state index in [4.69, 9.17) is 4.74 Å². The Hall–Kier alpha value is -1.92. The fourth-order valence-electron chi connectivity index (χ4n) is 8.33. The molecule has 0 rings (SSSR count). The Kier molecular flexibility index (Phi) is 51.1. The summed E-state index contributed by atoms with van der Waals surface area (Å²) < 4.78 is 5.46. The molecule has 370 valence electrons. The van der Waals surface area contributed by atoms with Crippen molar-refractivity contribution in [3.8, 4) is 0 Å². The lowest BCUT2D eigenvalue weighted by molar-refractivity contribution is -0.143. The van der Waals surface area contributed by atoms with Crippen LogP contribution in [0.5, 0.6) is 0 Å². The smallest absolute Gasteiger partial charge is 0.305 e. The van der Waals surface area contributed by atoms with Crippen LogP contribution in [0.4, 0.5) is 0 Å². The Morgan fingerprint density at radius 3 is 1.14 bits per heavy atom. The minimum absolute atomic E-state index is 0.000463. The average Bonchev–Trinajstić information content (AvgIpc) is 3.28. The molecule has 0 aromatic carbocycles. The van der Waals surface area contributed by atoms with E-state index in [0.717, 1.165) is 51.4 Å². The predicted molar refractivity (Wildman–Crippen MR) is 273 cm³/mol. The second-order valence-corrected chi connectivity index (χ2v) is 18.9. The lowest BCUT2D eigenvalue weighted by Gasteiger charge is -2.20. The zero-order valence-corrected chi connectivity index (χ0v) is 42.1. The van der Waals surface area contributed by atoms with Gasteiger partial charge in [0.1, 0.15) is 0 Å². The lowest BCUT2D eigenvalue weighted by atomic mass is 10.0. The summed E-state index contributed by atoms with van der Waals surface area (Å²) in [4.78, 5) is 24.4. The summed E-state index contributed by atoms with van der Waals surface area (Å²) in [6.45, 7) is 4.86. The van der Waals surface area contributed by atoms with E-state index in [0.29, 0.717) is 19.4 Å². The van der Waals surface area contributed by atoms with Gasteiger partial charge in [-0.1, -0.05) is 230 Å². The molecule has 0 radical (unpaired) electrons. The molecule has 6 nitrogen and oxygen atoms in total. The number of ether oxygens (including phenoxy) is 1. The zero-order chi connectivity index (χ0) is 45.8. The summed E-state index contributed by atoms with van der Waals surface area (Å²) in [6, 6.07) is -0.631. The number of esters is 1. The van der Waals surface area contributed by atoms with Gasteiger partial charge in [0.05, 0.1) is 25.4 Å². The lowest BCUT2D eigenvalue weighted by Crippen LogP contribution is -2.45. The van der Waals surface area contributed by atoms with Crippen LogP contribution in [-0.2, 0) is 14.3 Å². The highest BCUT2D eigenvalue weighted by molar-refractivity contribution is 5.76. The molecule has 0 aliphatic carbocycles. The van der Waals surface area contributed by atoms with E-state index in [2.05, 4.69) is 43.5 Å². The van der Waals surface area contributed by atoms with E-state index < -0.39 is 12.1 Å². The minimum Gasteiger partial charge on any atom is -0.466 e. The van der Waals surface area contributed by atoms with Crippen molar-refractivity contribution in [3.05, 3.63) is 36.5 Å². The van der Waals surface area contributed by atoms with Crippen molar-refractivity contribution >= 4 is 11.9 Å². The Balaban J connectivity index is 3.43. The maximum absolute atomic E-state index is 12.4. The highest BCUT2D eigenvalue weighted by atomic mass is 16.5. The molecule has 0 fully saturated rings. The van der Waals surface area contributed by atoms with Gasteiger partial charge in [0.2, 0.25) is 5.91 Å². The molecular formula is C57H107NO5. The summed E-state index contributed by atoms with van der Waals surface area (Å²) in [5.41, 5.74) is 0. The summed E-state index contributed by atoms with van der Waals surface area (Å²) in [5.74, 6) is -0.0772. The number of carbonyl (C=O) groups is 2. The monoisotopic (exact) mass is 886 g/mol. The molecule has 0 aromatic heterocycles. The van der Waals surface area contributed by atoms with Crippen LogP contribution in [0, 0.1) is 0 Å². The Labute approximate surface area is 392 Å². The van der Waals surface area contributed by atoms with E-state index in [1.54, 1.807) is 6.08 Å². The highest BCUT2D eigenvalue weighted by Gasteiger charge is 2.18. The Morgan fingerprint density at radius 1 is 0.429 bits per heavy atom. The molecule has 0 aromatic rings. The second kappa shape index (κ2) is 52.7. The molecule has 3 N–H and O–H groups in total. The Bertz CT molecular complexity index is 1020. The molecule has 0 saturated heterocycles. The third-order valence-corrected chi connectivity index (χ3v) is 12.6. The first-order valence-corrected chi connectivity index (χ1v) is 27.8. The van der Waals surface area contributed by atoms with Crippen molar-refractivity contribution in [2.45, 2.75) is 302 Å². The van der Waals surface area contributed by atoms with Crippen LogP contribution < -0.4 is 5.32 Å². The molecule has 6 heteroatoms. The van der Waals surface area contributed by atoms with Crippen molar-refractivity contribution in [1.82, 2.24) is 5.32 Å². The molecule has 2 atom stereocenters. The maximum Gasteiger partial charge on any atom is 0.305 e. The normalized spacial score (nSPS) is 12.9. The van der Waals surface area contributed by atoms with E-state index >= 15 is 0 Å². The number of amides is 1. The van der Waals surface area contributed by atoms with Gasteiger partial charge >= 0.3 is 5.97 Å². The van der Waals surface area contributed by atoms with Crippen LogP contribution in [0.25, 0.3) is 0 Å². The van der Waals surface area contributed by atoms with Crippen molar-refractivity contribution in [2.75, 3.05) is 13.2 Å². The third-order valence-electron chi connectivity index (χ3n) is 12.6. The molecule has 0 heterocycles. The molecule has 63 heavy (non-hydrogen) atoms. The molecule has 0 bridgehead atoms. The number of rotatable bonds is 51. The number of aliphatic hydroxyl groups excluding tert-OH is 2. The number of carbonyl (C=O) groups excluding carboxylic acids is 2. The summed E-state index contributed by atoms with van der Waals surface area (Å²) in [5, 5.41) is 23.0. The van der Waals surface area contributed by atoms with Gasteiger partial charge in [0.15, 0.2) is 0 Å². The molecule has 2 unspecified atom stereocenters. The van der Waals surface area contributed by atoms with Crippen LogP contribution in [-0.4, -0.2) is 47.4 Å². The fraction of sp³-hybridized carbons (Fsp3) is 0.860. The van der Waals surface area contributed by atoms with Crippen LogP contribution >= 0.6 is 0 Å². The first-order valence-electron chi connectivity index (χ1n) is 27.8. The fourth-order valence-corrected chi connectivity index (χ4v) is 8.33. The van der Waals surface area contributed by atoms with Gasteiger partial charge in [0.25, 0.3) is 0 Å². The van der Waals surface area contributed by atoms with Gasteiger partial charge in [-0.05, 0) is 83.5 Å². The van der Waals surface area contributed by atoms with Gasteiger partial charge in [-0.15, -0.1) is 0 Å². The number of hydrogen-bond donors (Lipinski definition) is 3. The predicted octanol–water partition coefficient (Wildman–Crippen LogP) is 16.9. The zero-order valence-electron chi connectivity index (χ0n) is 42.1. The molecule has 1 amide bonds. The van der Waals surface area contributed by atoms with E-state index in [1.807, 2.05) is 6.08 Å². The minimum atomic E-state index is -0.847. The first-order chi connectivity index (χ1) is 31.0. The van der Waals surface area contributed by atoms with Crippen molar-refractivity contribution in [2.24, 2.45) is 0 Å². The largest absolute Gasteiger partial charge is 0.466 e. The number of aliphatic hydroxyl groups is 2. The van der Waals surface area contributed by atoms with E-state index in [-0.39, 0.29) is 18.5 Å². The number of allylic oxidation sites excluding steroid dienone is 5. The van der Waals surface area contributed by atoms with Crippen LogP contribution in [0.15, 0.2) is 36.5 Å². The molecule has 0 saturated carbocycles. The van der Waals surface area contributed by atoms with Crippen LogP contribution in [0.1, 0.15) is 290 Å². The summed E-state index contributed by atoms with van der Waals surface area (Å²) in [7, 11) is 0. The Morgan fingerprint density at radius 2 is 0.746 bits per heavy atom. The molecular weight excluding hydrogens is 779 g/mol. The quantitative estimate of drug-likeness (QED) is 0.0321. The van der Waals surface area contributed by atoms with Gasteiger partial charge in [-0.2, -0.15) is 0 Å². The first kappa shape index (κ1) is 61.1. The van der Waals surface area contributed by atoms with Gasteiger partial charge in [-0.25, -0.2) is 0 Å². The number of hydrogen-bond acceptors (Lipinski definition) is 5. The van der Waals surface area contributed by atoms with E-state index in [9.17, 15) is 19.8 Å². The maximum atomic E-state index is 12.4. The summed E-state index contributed by atoms with van der Waals surface area (Å²) in [6.07, 6.45) is 64.5. The van der Waals surface area contributed by atoms with Gasteiger partial charge in [0, 0.05) is 12.8 Å². The van der Waals surface area contributed by atoms with Crippen molar-refractivity contribution in [3.63, 3.8) is 0 Å². The van der Waals surface area contributed by atoms with Gasteiger partial charge in [-0.3, -0.25) is 9.59 Å². The van der Waals surface area contributed by atoms with Crippen LogP contribution in [0.3, 0.4) is 0 Å². The molecule has 0 spiro atoms. The van der Waals surface area contributed by atoms with Crippen LogP contribution in [0.2, 0.25) is 0 Å². The van der Waals surface area contributed by atoms with Crippen molar-refractivity contribution < 1.29 is 24.5 Å². The topological polar surface area (TPSA) is 95.9 Å². The van der Waals surface area contributed by atoms with E-state index in [1.165, 1.54) is 212 Å². The highest BCUT2D eigenvalue weighted by Crippen LogP contribution is 2.15. The average molecular weight is 886 g/mol. The second-order valence-electron chi connectivity index (χ2n) is 18.9. The number of unbranched alkanes of at least 4 members (excludes halogenated alkanes) is 36. The molecule has 0 aliphatic rings. The molecule has 0 aliphatic heterocycles.